The topological polar surface area (TPSA) is 38.0 Å². The summed E-state index contributed by atoms with van der Waals surface area (Å²) >= 11 is 1.92. The Morgan fingerprint density at radius 2 is 2.12 bits per heavy atom. The molecule has 0 aromatic carbocycles. The van der Waals surface area contributed by atoms with Crippen molar-refractivity contribution in [3.05, 3.63) is 21.4 Å². The van der Waals surface area contributed by atoms with Crippen LogP contribution < -0.4 is 11.1 Å². The molecular formula is C14H24N2S. The molecule has 17 heavy (non-hydrogen) atoms. The minimum atomic E-state index is 0.759. The zero-order chi connectivity index (χ0) is 12.3. The molecule has 1 fully saturated rings. The van der Waals surface area contributed by atoms with Gasteiger partial charge in [-0.3, -0.25) is 0 Å². The maximum atomic E-state index is 5.80. The molecular weight excluding hydrogens is 228 g/mol. The zero-order valence-corrected chi connectivity index (χ0v) is 11.8. The van der Waals surface area contributed by atoms with Crippen LogP contribution in [0.15, 0.2) is 6.07 Å². The van der Waals surface area contributed by atoms with Crippen LogP contribution in [0.2, 0.25) is 0 Å². The number of hydrogen-bond acceptors (Lipinski definition) is 3. The lowest BCUT2D eigenvalue weighted by Crippen LogP contribution is -2.28. The van der Waals surface area contributed by atoms with Gasteiger partial charge in [0.05, 0.1) is 0 Å². The Labute approximate surface area is 109 Å². The van der Waals surface area contributed by atoms with E-state index in [2.05, 4.69) is 25.2 Å². The van der Waals surface area contributed by atoms with E-state index >= 15 is 0 Å². The van der Waals surface area contributed by atoms with Crippen LogP contribution in [-0.2, 0) is 6.54 Å². The normalized spacial score (nSPS) is 24.4. The van der Waals surface area contributed by atoms with Crippen LogP contribution in [0.25, 0.3) is 0 Å². The lowest BCUT2D eigenvalue weighted by atomic mass is 9.96. The number of thiophene rings is 1. The molecule has 0 amide bonds. The number of hydrogen-bond donors (Lipinski definition) is 2. The fourth-order valence-corrected chi connectivity index (χ4v) is 3.83. The Morgan fingerprint density at radius 1 is 1.35 bits per heavy atom. The summed E-state index contributed by atoms with van der Waals surface area (Å²) in [5.41, 5.74) is 7.23. The molecule has 1 saturated carbocycles. The molecule has 0 aliphatic heterocycles. The fraction of sp³-hybridized carbons (Fsp3) is 0.714. The fourth-order valence-electron chi connectivity index (χ4n) is 2.81. The van der Waals surface area contributed by atoms with Crippen molar-refractivity contribution in [1.82, 2.24) is 5.32 Å². The summed E-state index contributed by atoms with van der Waals surface area (Å²) in [6.45, 7) is 7.41. The Balaban J connectivity index is 1.75. The molecule has 2 rings (SSSR count). The first-order valence-electron chi connectivity index (χ1n) is 6.67. The minimum Gasteiger partial charge on any atom is -0.330 e. The third kappa shape index (κ3) is 3.30. The maximum absolute atomic E-state index is 5.80. The van der Waals surface area contributed by atoms with E-state index < -0.39 is 0 Å². The smallest absolute Gasteiger partial charge is 0.0300 e. The third-order valence-electron chi connectivity index (χ3n) is 4.04. The maximum Gasteiger partial charge on any atom is 0.0300 e. The number of rotatable bonds is 5. The first-order valence-corrected chi connectivity index (χ1v) is 7.49. The highest BCUT2D eigenvalue weighted by Crippen LogP contribution is 2.30. The van der Waals surface area contributed by atoms with E-state index in [-0.39, 0.29) is 0 Å². The highest BCUT2D eigenvalue weighted by atomic mass is 32.1. The van der Waals surface area contributed by atoms with Crippen LogP contribution in [-0.4, -0.2) is 13.1 Å². The van der Waals surface area contributed by atoms with Gasteiger partial charge in [-0.05, 0) is 63.2 Å². The Morgan fingerprint density at radius 3 is 2.76 bits per heavy atom. The van der Waals surface area contributed by atoms with Gasteiger partial charge in [0.1, 0.15) is 0 Å². The van der Waals surface area contributed by atoms with Gasteiger partial charge in [0.2, 0.25) is 0 Å². The van der Waals surface area contributed by atoms with Crippen LogP contribution in [0.3, 0.4) is 0 Å². The van der Waals surface area contributed by atoms with Gasteiger partial charge in [-0.1, -0.05) is 6.42 Å². The van der Waals surface area contributed by atoms with Crippen LogP contribution in [0.5, 0.6) is 0 Å². The molecule has 0 spiro atoms. The van der Waals surface area contributed by atoms with Gasteiger partial charge < -0.3 is 11.1 Å². The van der Waals surface area contributed by atoms with Crippen molar-refractivity contribution < 1.29 is 0 Å². The van der Waals surface area contributed by atoms with Gasteiger partial charge in [0.15, 0.2) is 0 Å². The predicted octanol–water partition coefficient (Wildman–Crippen LogP) is 2.83. The van der Waals surface area contributed by atoms with Crippen LogP contribution in [0.4, 0.5) is 0 Å². The number of aryl methyl sites for hydroxylation is 2. The second-order valence-corrected chi connectivity index (χ2v) is 6.61. The van der Waals surface area contributed by atoms with E-state index in [9.17, 15) is 0 Å². The van der Waals surface area contributed by atoms with Crippen molar-refractivity contribution in [3.63, 3.8) is 0 Å². The van der Waals surface area contributed by atoms with E-state index in [1.54, 1.807) is 0 Å². The molecule has 0 saturated heterocycles. The molecule has 2 nitrogen and oxygen atoms in total. The van der Waals surface area contributed by atoms with Gasteiger partial charge in [0.25, 0.3) is 0 Å². The van der Waals surface area contributed by atoms with Crippen molar-refractivity contribution in [3.8, 4) is 0 Å². The van der Waals surface area contributed by atoms with Crippen LogP contribution in [0.1, 0.15) is 34.6 Å². The molecule has 1 aliphatic rings. The average Bonchev–Trinajstić information content (AvgIpc) is 2.87. The molecule has 0 radical (unpaired) electrons. The van der Waals surface area contributed by atoms with E-state index in [1.165, 1.54) is 34.6 Å². The molecule has 3 heteroatoms. The van der Waals surface area contributed by atoms with E-state index in [0.717, 1.165) is 31.5 Å². The first kappa shape index (κ1) is 13.1. The largest absolute Gasteiger partial charge is 0.330 e. The van der Waals surface area contributed by atoms with Gasteiger partial charge >= 0.3 is 0 Å². The molecule has 1 aromatic heterocycles. The van der Waals surface area contributed by atoms with Gasteiger partial charge in [0, 0.05) is 16.3 Å². The summed E-state index contributed by atoms with van der Waals surface area (Å²) in [5, 5.41) is 3.60. The van der Waals surface area contributed by atoms with Crippen molar-refractivity contribution in [2.75, 3.05) is 13.1 Å². The molecule has 3 N–H and O–H groups in total. The lowest BCUT2D eigenvalue weighted by Gasteiger charge is -2.17. The molecule has 0 bridgehead atoms. The summed E-state index contributed by atoms with van der Waals surface area (Å²) in [7, 11) is 0. The summed E-state index contributed by atoms with van der Waals surface area (Å²) < 4.78 is 0. The minimum absolute atomic E-state index is 0.759. The van der Waals surface area contributed by atoms with E-state index in [4.69, 9.17) is 5.73 Å². The molecule has 96 valence electrons. The number of nitrogens with one attached hydrogen (secondary N) is 1. The van der Waals surface area contributed by atoms with Crippen molar-refractivity contribution >= 4 is 11.3 Å². The standard InChI is InChI=1S/C14H24N2S/c1-10-6-14(17-11(10)2)9-16-8-13-5-3-4-12(13)7-15/h6,12-13,16H,3-5,7-9,15H2,1-2H3. The van der Waals surface area contributed by atoms with Crippen molar-refractivity contribution in [2.24, 2.45) is 17.6 Å². The predicted molar refractivity (Wildman–Crippen MR) is 75.4 cm³/mol. The van der Waals surface area contributed by atoms with Gasteiger partial charge in [-0.2, -0.15) is 0 Å². The molecule has 2 atom stereocenters. The second-order valence-electron chi connectivity index (χ2n) is 5.27. The summed E-state index contributed by atoms with van der Waals surface area (Å²) in [5.74, 6) is 1.57. The molecule has 1 aliphatic carbocycles. The third-order valence-corrected chi connectivity index (χ3v) is 5.19. The van der Waals surface area contributed by atoms with Crippen molar-refractivity contribution in [1.29, 1.82) is 0 Å². The first-order chi connectivity index (χ1) is 8.20. The summed E-state index contributed by atoms with van der Waals surface area (Å²) in [6, 6.07) is 2.31. The highest BCUT2D eigenvalue weighted by Gasteiger charge is 2.25. The summed E-state index contributed by atoms with van der Waals surface area (Å²) in [6.07, 6.45) is 4.06. The number of nitrogens with two attached hydrogens (primary N) is 1. The van der Waals surface area contributed by atoms with Crippen LogP contribution >= 0.6 is 11.3 Å². The Hall–Kier alpha value is -0.380. The second kappa shape index (κ2) is 5.98. The van der Waals surface area contributed by atoms with E-state index in [0.29, 0.717) is 0 Å². The molecule has 1 aromatic rings. The lowest BCUT2D eigenvalue weighted by molar-refractivity contribution is 0.374. The average molecular weight is 252 g/mol. The SMILES string of the molecule is Cc1cc(CNCC2CCCC2CN)sc1C. The highest BCUT2D eigenvalue weighted by molar-refractivity contribution is 7.12. The molecule has 1 heterocycles. The monoisotopic (exact) mass is 252 g/mol. The summed E-state index contributed by atoms with van der Waals surface area (Å²) in [4.78, 5) is 2.91. The molecule has 2 unspecified atom stereocenters. The zero-order valence-electron chi connectivity index (χ0n) is 11.0. The van der Waals surface area contributed by atoms with Crippen LogP contribution in [0, 0.1) is 25.7 Å². The van der Waals surface area contributed by atoms with E-state index in [1.807, 2.05) is 11.3 Å². The quantitative estimate of drug-likeness (QED) is 0.845. The Kier molecular flexibility index (Phi) is 4.60. The van der Waals surface area contributed by atoms with Gasteiger partial charge in [-0.25, -0.2) is 0 Å². The van der Waals surface area contributed by atoms with Crippen molar-refractivity contribution in [2.45, 2.75) is 39.7 Å². The van der Waals surface area contributed by atoms with Gasteiger partial charge in [-0.15, -0.1) is 11.3 Å². The Bertz CT molecular complexity index is 340.